The second-order valence-corrected chi connectivity index (χ2v) is 7.83. The van der Waals surface area contributed by atoms with Gasteiger partial charge in [-0.25, -0.2) is 0 Å². The number of alkyl halides is 2. The molecule has 3 aromatic rings. The molecule has 4 rings (SSSR count). The average Bonchev–Trinajstić information content (AvgIpc) is 2.81. The van der Waals surface area contributed by atoms with E-state index < -0.39 is 6.61 Å². The van der Waals surface area contributed by atoms with Gasteiger partial charge in [0.15, 0.2) is 0 Å². The lowest BCUT2D eigenvalue weighted by Crippen LogP contribution is -2.37. The van der Waals surface area contributed by atoms with Gasteiger partial charge < -0.3 is 9.47 Å². The summed E-state index contributed by atoms with van der Waals surface area (Å²) < 4.78 is 35.5. The highest BCUT2D eigenvalue weighted by Crippen LogP contribution is 2.25. The first-order valence-corrected chi connectivity index (χ1v) is 10.6. The molecule has 1 fully saturated rings. The van der Waals surface area contributed by atoms with Crippen molar-refractivity contribution in [1.82, 2.24) is 4.90 Å². The van der Waals surface area contributed by atoms with E-state index in [1.165, 1.54) is 0 Å². The van der Waals surface area contributed by atoms with Crippen LogP contribution in [0.2, 0.25) is 0 Å². The molecule has 0 amide bonds. The van der Waals surface area contributed by atoms with Crippen LogP contribution in [0.5, 0.6) is 11.5 Å². The number of benzene rings is 3. The van der Waals surface area contributed by atoms with Gasteiger partial charge in [-0.15, -0.1) is 0 Å². The van der Waals surface area contributed by atoms with Crippen molar-refractivity contribution >= 4 is 0 Å². The van der Waals surface area contributed by atoms with Gasteiger partial charge in [-0.3, -0.25) is 4.90 Å². The number of ether oxygens (including phenoxy) is 2. The van der Waals surface area contributed by atoms with Crippen molar-refractivity contribution in [2.75, 3.05) is 13.1 Å². The maximum atomic E-state index is 12.4. The zero-order chi connectivity index (χ0) is 22.3. The monoisotopic (exact) mass is 434 g/mol. The fraction of sp³-hybridized carbons (Fsp3) is 0.269. The fourth-order valence-electron chi connectivity index (χ4n) is 3.92. The van der Waals surface area contributed by atoms with E-state index in [-0.39, 0.29) is 11.9 Å². The Bertz CT molecular complexity index is 1050. The summed E-state index contributed by atoms with van der Waals surface area (Å²) in [5.41, 5.74) is 3.75. The molecule has 0 atom stereocenters. The number of likely N-dealkylation sites (tertiary alicyclic amines) is 1. The van der Waals surface area contributed by atoms with Crippen LogP contribution in [0.3, 0.4) is 0 Å². The van der Waals surface area contributed by atoms with Gasteiger partial charge in [0.1, 0.15) is 17.6 Å². The highest BCUT2D eigenvalue weighted by atomic mass is 19.3. The standard InChI is InChI=1S/C26H24F2N2O2/c27-26(28)32-25-3-1-2-20(16-25)18-30-14-12-24(13-15-30)31-23-10-8-22(9-11-23)21-6-4-19(17-29)5-7-21/h1-11,16,24,26H,12-15,18H2. The van der Waals surface area contributed by atoms with Gasteiger partial charge >= 0.3 is 6.61 Å². The van der Waals surface area contributed by atoms with Crippen LogP contribution in [0, 0.1) is 11.3 Å². The SMILES string of the molecule is N#Cc1ccc(-c2ccc(OC3CCN(Cc4cccc(OC(F)F)c4)CC3)cc2)cc1. The number of hydrogen-bond acceptors (Lipinski definition) is 4. The molecule has 32 heavy (non-hydrogen) atoms. The number of rotatable bonds is 7. The van der Waals surface area contributed by atoms with Crippen LogP contribution >= 0.6 is 0 Å². The van der Waals surface area contributed by atoms with E-state index in [9.17, 15) is 8.78 Å². The minimum atomic E-state index is -2.81. The summed E-state index contributed by atoms with van der Waals surface area (Å²) >= 11 is 0. The highest BCUT2D eigenvalue weighted by Gasteiger charge is 2.21. The molecule has 3 aromatic carbocycles. The molecule has 0 spiro atoms. The van der Waals surface area contributed by atoms with Crippen molar-refractivity contribution in [3.63, 3.8) is 0 Å². The van der Waals surface area contributed by atoms with E-state index in [0.29, 0.717) is 12.1 Å². The van der Waals surface area contributed by atoms with Crippen LogP contribution in [0.25, 0.3) is 11.1 Å². The molecule has 1 aliphatic heterocycles. The van der Waals surface area contributed by atoms with Gasteiger partial charge in [-0.05, 0) is 65.9 Å². The lowest BCUT2D eigenvalue weighted by atomic mass is 10.0. The lowest BCUT2D eigenvalue weighted by Gasteiger charge is -2.32. The quantitative estimate of drug-likeness (QED) is 0.467. The Morgan fingerprint density at radius 3 is 2.19 bits per heavy atom. The lowest BCUT2D eigenvalue weighted by molar-refractivity contribution is -0.0499. The minimum absolute atomic E-state index is 0.153. The van der Waals surface area contributed by atoms with Crippen LogP contribution in [0.1, 0.15) is 24.0 Å². The second-order valence-electron chi connectivity index (χ2n) is 7.83. The van der Waals surface area contributed by atoms with Gasteiger partial charge in [0.2, 0.25) is 0 Å². The van der Waals surface area contributed by atoms with E-state index in [4.69, 9.17) is 10.00 Å². The predicted octanol–water partition coefficient (Wildman–Crippen LogP) is 5.87. The summed E-state index contributed by atoms with van der Waals surface area (Å²) in [4.78, 5) is 2.30. The van der Waals surface area contributed by atoms with Crippen molar-refractivity contribution in [2.45, 2.75) is 32.1 Å². The van der Waals surface area contributed by atoms with E-state index in [2.05, 4.69) is 15.7 Å². The number of halogens is 2. The Morgan fingerprint density at radius 1 is 0.906 bits per heavy atom. The average molecular weight is 434 g/mol. The van der Waals surface area contributed by atoms with Gasteiger partial charge in [0.25, 0.3) is 0 Å². The summed E-state index contributed by atoms with van der Waals surface area (Å²) in [6.45, 7) is -0.342. The predicted molar refractivity (Wildman–Crippen MR) is 119 cm³/mol. The normalized spacial score (nSPS) is 14.8. The first-order chi connectivity index (χ1) is 15.6. The number of hydrogen-bond donors (Lipinski definition) is 0. The second kappa shape index (κ2) is 10.3. The van der Waals surface area contributed by atoms with Crippen molar-refractivity contribution in [2.24, 2.45) is 0 Å². The molecule has 1 aliphatic rings. The smallest absolute Gasteiger partial charge is 0.387 e. The first kappa shape index (κ1) is 21.8. The minimum Gasteiger partial charge on any atom is -0.490 e. The summed E-state index contributed by atoms with van der Waals surface area (Å²) in [6, 6.07) is 24.5. The van der Waals surface area contributed by atoms with E-state index >= 15 is 0 Å². The van der Waals surface area contributed by atoms with Gasteiger partial charge in [-0.2, -0.15) is 14.0 Å². The first-order valence-electron chi connectivity index (χ1n) is 10.6. The molecule has 6 heteroatoms. The van der Waals surface area contributed by atoms with Crippen LogP contribution in [0.4, 0.5) is 8.78 Å². The van der Waals surface area contributed by atoms with E-state index in [1.54, 1.807) is 18.2 Å². The number of piperidine rings is 1. The maximum Gasteiger partial charge on any atom is 0.387 e. The molecule has 164 valence electrons. The number of nitrogens with zero attached hydrogens (tertiary/aromatic N) is 2. The largest absolute Gasteiger partial charge is 0.490 e. The van der Waals surface area contributed by atoms with E-state index in [0.717, 1.165) is 48.4 Å². The molecule has 4 nitrogen and oxygen atoms in total. The van der Waals surface area contributed by atoms with Crippen molar-refractivity contribution in [3.8, 4) is 28.7 Å². The van der Waals surface area contributed by atoms with Gasteiger partial charge in [0, 0.05) is 19.6 Å². The Hall–Kier alpha value is -3.43. The Labute approximate surface area is 186 Å². The third-order valence-electron chi connectivity index (χ3n) is 5.57. The zero-order valence-electron chi connectivity index (χ0n) is 17.6. The molecule has 0 N–H and O–H groups in total. The Kier molecular flexibility index (Phi) is 6.98. The summed E-state index contributed by atoms with van der Waals surface area (Å²) in [7, 11) is 0. The Morgan fingerprint density at radius 2 is 1.56 bits per heavy atom. The molecule has 0 unspecified atom stereocenters. The van der Waals surface area contributed by atoms with Crippen LogP contribution in [0.15, 0.2) is 72.8 Å². The molecule has 0 radical (unpaired) electrons. The van der Waals surface area contributed by atoms with Gasteiger partial charge in [0.05, 0.1) is 11.6 Å². The van der Waals surface area contributed by atoms with Gasteiger partial charge in [-0.1, -0.05) is 36.4 Å². The topological polar surface area (TPSA) is 45.5 Å². The molecular weight excluding hydrogens is 410 g/mol. The zero-order valence-corrected chi connectivity index (χ0v) is 17.6. The molecule has 0 aliphatic carbocycles. The van der Waals surface area contributed by atoms with Crippen molar-refractivity contribution in [1.29, 1.82) is 5.26 Å². The van der Waals surface area contributed by atoms with Crippen LogP contribution < -0.4 is 9.47 Å². The molecule has 0 saturated carbocycles. The summed E-state index contributed by atoms with van der Waals surface area (Å²) in [6.07, 6.45) is 1.97. The molecule has 1 heterocycles. The van der Waals surface area contributed by atoms with Crippen molar-refractivity contribution < 1.29 is 18.3 Å². The van der Waals surface area contributed by atoms with E-state index in [1.807, 2.05) is 54.6 Å². The molecule has 0 aromatic heterocycles. The third-order valence-corrected chi connectivity index (χ3v) is 5.57. The van der Waals surface area contributed by atoms with Crippen LogP contribution in [-0.4, -0.2) is 30.7 Å². The fourth-order valence-corrected chi connectivity index (χ4v) is 3.92. The summed E-state index contributed by atoms with van der Waals surface area (Å²) in [5, 5.41) is 8.92. The molecule has 0 bridgehead atoms. The summed E-state index contributed by atoms with van der Waals surface area (Å²) in [5.74, 6) is 1.04. The third kappa shape index (κ3) is 5.83. The van der Waals surface area contributed by atoms with Crippen LogP contribution in [-0.2, 0) is 6.54 Å². The van der Waals surface area contributed by atoms with Crippen molar-refractivity contribution in [3.05, 3.63) is 83.9 Å². The number of nitriles is 1. The molecule has 1 saturated heterocycles. The Balaban J connectivity index is 1.27. The highest BCUT2D eigenvalue weighted by molar-refractivity contribution is 5.64. The molecular formula is C26H24F2N2O2. The maximum absolute atomic E-state index is 12.4.